The number of thioether (sulfide) groups is 1. The molecular weight excluding hydrogens is 424 g/mol. The first-order valence-corrected chi connectivity index (χ1v) is 12.6. The third-order valence-corrected chi connectivity index (χ3v) is 7.14. The molecule has 1 unspecified atom stereocenters. The Bertz CT molecular complexity index is 873. The van der Waals surface area contributed by atoms with Gasteiger partial charge in [-0.3, -0.25) is 10.7 Å². The van der Waals surface area contributed by atoms with E-state index in [1.165, 1.54) is 25.7 Å². The van der Waals surface area contributed by atoms with E-state index >= 15 is 0 Å². The van der Waals surface area contributed by atoms with E-state index in [0.29, 0.717) is 33.9 Å². The first-order chi connectivity index (χ1) is 15.5. The summed E-state index contributed by atoms with van der Waals surface area (Å²) in [6.07, 6.45) is 8.27. The number of nitrogens with zero attached hydrogens (tertiary/aromatic N) is 1. The van der Waals surface area contributed by atoms with Crippen LogP contribution >= 0.6 is 11.8 Å². The minimum absolute atomic E-state index is 0.217. The highest BCUT2D eigenvalue weighted by Gasteiger charge is 2.25. The van der Waals surface area contributed by atoms with Gasteiger partial charge in [-0.05, 0) is 47.9 Å². The Hall–Kier alpha value is -1.99. The molecule has 0 saturated heterocycles. The number of nitroso groups, excluding NO2 is 1. The van der Waals surface area contributed by atoms with Crippen LogP contribution in [0.1, 0.15) is 76.5 Å². The average molecular weight is 463 g/mol. The van der Waals surface area contributed by atoms with Crippen molar-refractivity contribution in [1.29, 1.82) is 0 Å². The van der Waals surface area contributed by atoms with Crippen LogP contribution in [-0.4, -0.2) is 25.2 Å². The Morgan fingerprint density at radius 2 is 1.81 bits per heavy atom. The van der Waals surface area contributed by atoms with Crippen molar-refractivity contribution in [3.05, 3.63) is 28.7 Å². The zero-order chi connectivity index (χ0) is 23.5. The van der Waals surface area contributed by atoms with Gasteiger partial charge >= 0.3 is 0 Å². The molecule has 0 amide bonds. The van der Waals surface area contributed by atoms with Crippen molar-refractivity contribution < 1.29 is 14.7 Å². The normalized spacial score (nSPS) is 12.2. The molecule has 2 N–H and O–H groups in total. The van der Waals surface area contributed by atoms with Gasteiger partial charge < -0.3 is 9.47 Å². The van der Waals surface area contributed by atoms with Crippen LogP contribution < -0.4 is 15.0 Å². The van der Waals surface area contributed by atoms with Crippen LogP contribution in [0.15, 0.2) is 23.4 Å². The maximum atomic E-state index is 11.7. The number of methoxy groups -OCH3 is 2. The van der Waals surface area contributed by atoms with E-state index in [2.05, 4.69) is 31.4 Å². The fraction of sp³-hybridized carbons (Fsp3) is 0.600. The monoisotopic (exact) mass is 462 g/mol. The molecule has 1 atom stereocenters. The molecule has 0 aliphatic rings. The summed E-state index contributed by atoms with van der Waals surface area (Å²) in [6.45, 7) is 6.71. The van der Waals surface area contributed by atoms with Crippen molar-refractivity contribution in [3.63, 3.8) is 0 Å². The first-order valence-electron chi connectivity index (χ1n) is 11.6. The summed E-state index contributed by atoms with van der Waals surface area (Å²) >= 11 is 1.94. The molecule has 0 saturated carbocycles. The van der Waals surface area contributed by atoms with E-state index in [0.717, 1.165) is 30.6 Å². The van der Waals surface area contributed by atoms with Crippen molar-refractivity contribution >= 4 is 33.9 Å². The molecular formula is C25H38N2O4S. The number of nitrogens with one attached hydrogen (secondary N) is 1. The van der Waals surface area contributed by atoms with Gasteiger partial charge in [0.15, 0.2) is 0 Å². The summed E-state index contributed by atoms with van der Waals surface area (Å²) in [5.74, 6) is 2.91. The van der Waals surface area contributed by atoms with Crippen molar-refractivity contribution in [2.75, 3.05) is 25.5 Å². The third kappa shape index (κ3) is 6.51. The highest BCUT2D eigenvalue weighted by atomic mass is 32.2. The number of anilines is 1. The summed E-state index contributed by atoms with van der Waals surface area (Å²) in [5, 5.41) is 14.3. The second-order valence-corrected chi connectivity index (χ2v) is 9.84. The van der Waals surface area contributed by atoms with E-state index in [-0.39, 0.29) is 10.9 Å². The number of fused-ring (bicyclic) bond motifs is 1. The van der Waals surface area contributed by atoms with Crippen molar-refractivity contribution in [2.45, 2.75) is 71.0 Å². The largest absolute Gasteiger partial charge is 0.496 e. The van der Waals surface area contributed by atoms with Crippen LogP contribution in [0.4, 0.5) is 11.4 Å². The van der Waals surface area contributed by atoms with Gasteiger partial charge in [-0.15, -0.1) is 4.91 Å². The summed E-state index contributed by atoms with van der Waals surface area (Å²) < 4.78 is 11.6. The van der Waals surface area contributed by atoms with Crippen molar-refractivity contribution in [1.82, 2.24) is 0 Å². The second-order valence-electron chi connectivity index (χ2n) is 8.53. The summed E-state index contributed by atoms with van der Waals surface area (Å²) in [6, 6.07) is 5.20. The zero-order valence-corrected chi connectivity index (χ0v) is 20.9. The number of unbranched alkanes of at least 4 members (excludes halogenated alkanes) is 4. The standard InChI is InChI=1S/C25H38N2O4S/c1-6-7-8-9-10-11-22(32-15-14-17(2)3)18-16-21(30-4)23-19(26-28)12-13-20(27-29)24(23)25(18)31-5/h12-13,16-17,22,26,28H,6-11,14-15H2,1-5H3. The molecule has 178 valence electrons. The zero-order valence-electron chi connectivity index (χ0n) is 20.1. The Balaban J connectivity index is 2.56. The molecule has 0 aliphatic heterocycles. The lowest BCUT2D eigenvalue weighted by molar-refractivity contribution is 0.388. The molecule has 6 nitrogen and oxygen atoms in total. The first kappa shape index (κ1) is 26.3. The van der Waals surface area contributed by atoms with Crippen LogP contribution in [0.2, 0.25) is 0 Å². The minimum atomic E-state index is 0.217. The predicted molar refractivity (Wildman–Crippen MR) is 136 cm³/mol. The van der Waals surface area contributed by atoms with Gasteiger partial charge in [0.25, 0.3) is 0 Å². The number of rotatable bonds is 15. The quantitative estimate of drug-likeness (QED) is 0.158. The van der Waals surface area contributed by atoms with Crippen LogP contribution in [0.3, 0.4) is 0 Å². The number of hydrogen-bond donors (Lipinski definition) is 2. The van der Waals surface area contributed by atoms with E-state index in [4.69, 9.17) is 9.47 Å². The molecule has 2 aromatic rings. The summed E-state index contributed by atoms with van der Waals surface area (Å²) in [7, 11) is 3.22. The van der Waals surface area contributed by atoms with E-state index in [1.807, 2.05) is 17.8 Å². The molecule has 2 rings (SSSR count). The maximum Gasteiger partial charge on any atom is 0.133 e. The molecule has 7 heteroatoms. The van der Waals surface area contributed by atoms with Gasteiger partial charge in [-0.1, -0.05) is 52.9 Å². The van der Waals surface area contributed by atoms with Crippen molar-refractivity contribution in [2.24, 2.45) is 11.1 Å². The van der Waals surface area contributed by atoms with Crippen LogP contribution in [-0.2, 0) is 0 Å². The molecule has 32 heavy (non-hydrogen) atoms. The van der Waals surface area contributed by atoms with Gasteiger partial charge in [0, 0.05) is 10.8 Å². The van der Waals surface area contributed by atoms with Crippen molar-refractivity contribution in [3.8, 4) is 11.5 Å². The fourth-order valence-corrected chi connectivity index (χ4v) is 5.58. The highest BCUT2D eigenvalue weighted by Crippen LogP contribution is 2.50. The molecule has 0 bridgehead atoms. The Morgan fingerprint density at radius 3 is 2.41 bits per heavy atom. The molecule has 0 aromatic heterocycles. The molecule has 2 aromatic carbocycles. The smallest absolute Gasteiger partial charge is 0.133 e. The van der Waals surface area contributed by atoms with E-state index < -0.39 is 0 Å². The van der Waals surface area contributed by atoms with Crippen LogP contribution in [0.5, 0.6) is 11.5 Å². The average Bonchev–Trinajstić information content (AvgIpc) is 2.80. The van der Waals surface area contributed by atoms with E-state index in [9.17, 15) is 10.1 Å². The van der Waals surface area contributed by atoms with Gasteiger partial charge in [0.05, 0.1) is 30.7 Å². The fourth-order valence-electron chi connectivity index (χ4n) is 4.00. The number of benzene rings is 2. The topological polar surface area (TPSA) is 80.1 Å². The summed E-state index contributed by atoms with van der Waals surface area (Å²) in [5.41, 5.74) is 3.94. The summed E-state index contributed by atoms with van der Waals surface area (Å²) in [4.78, 5) is 11.7. The number of hydrogen-bond acceptors (Lipinski definition) is 7. The Morgan fingerprint density at radius 1 is 1.06 bits per heavy atom. The van der Waals surface area contributed by atoms with Gasteiger partial charge in [-0.2, -0.15) is 11.8 Å². The lowest BCUT2D eigenvalue weighted by atomic mass is 9.97. The molecule has 0 heterocycles. The van der Waals surface area contributed by atoms with Gasteiger partial charge in [-0.25, -0.2) is 0 Å². The van der Waals surface area contributed by atoms with Crippen LogP contribution in [0.25, 0.3) is 10.8 Å². The number of ether oxygens (including phenoxy) is 2. The minimum Gasteiger partial charge on any atom is -0.496 e. The Kier molecular flexibility index (Phi) is 11.1. The maximum absolute atomic E-state index is 11.7. The third-order valence-electron chi connectivity index (χ3n) is 5.78. The highest BCUT2D eigenvalue weighted by molar-refractivity contribution is 7.99. The molecule has 0 spiro atoms. The van der Waals surface area contributed by atoms with E-state index in [1.54, 1.807) is 26.4 Å². The second kappa shape index (κ2) is 13.5. The molecule has 0 fully saturated rings. The lowest BCUT2D eigenvalue weighted by Gasteiger charge is -2.24. The van der Waals surface area contributed by atoms with Gasteiger partial charge in [0.2, 0.25) is 0 Å². The van der Waals surface area contributed by atoms with Crippen LogP contribution in [0, 0.1) is 10.8 Å². The molecule has 0 aliphatic carbocycles. The molecule has 0 radical (unpaired) electrons. The SMILES string of the molecule is CCCCCCCC(SCCC(C)C)c1cc(OC)c2c(NO)ccc(N=O)c2c1OC. The Labute approximate surface area is 196 Å². The lowest BCUT2D eigenvalue weighted by Crippen LogP contribution is -2.04. The predicted octanol–water partition coefficient (Wildman–Crippen LogP) is 8.24. The van der Waals surface area contributed by atoms with Gasteiger partial charge in [0.1, 0.15) is 17.2 Å².